The van der Waals surface area contributed by atoms with Crippen molar-refractivity contribution < 1.29 is 0 Å². The third-order valence-electron chi connectivity index (χ3n) is 3.47. The fourth-order valence-electron chi connectivity index (χ4n) is 2.48. The molecule has 0 aliphatic carbocycles. The fourth-order valence-corrected chi connectivity index (χ4v) is 2.48. The molecule has 1 aliphatic rings. The lowest BCUT2D eigenvalue weighted by atomic mass is 10.2. The summed E-state index contributed by atoms with van der Waals surface area (Å²) in [6, 6.07) is 2.41. The van der Waals surface area contributed by atoms with Gasteiger partial charge in [-0.05, 0) is 26.4 Å². The zero-order valence-corrected chi connectivity index (χ0v) is 11.1. The fraction of sp³-hybridized carbons (Fsp3) is 0.667. The van der Waals surface area contributed by atoms with Crippen molar-refractivity contribution >= 4 is 11.6 Å². The van der Waals surface area contributed by atoms with Crippen molar-refractivity contribution in [1.82, 2.24) is 14.9 Å². The number of nitrogen functional groups attached to an aromatic ring is 1. The summed E-state index contributed by atoms with van der Waals surface area (Å²) in [6.45, 7) is 5.47. The number of anilines is 2. The summed E-state index contributed by atoms with van der Waals surface area (Å²) >= 11 is 0. The van der Waals surface area contributed by atoms with Gasteiger partial charge in [-0.2, -0.15) is 0 Å². The zero-order chi connectivity index (χ0) is 13.0. The quantitative estimate of drug-likeness (QED) is 0.607. The first kappa shape index (κ1) is 13.0. The van der Waals surface area contributed by atoms with Crippen molar-refractivity contribution in [1.29, 1.82) is 0 Å². The maximum atomic E-state index is 5.40. The largest absolute Gasteiger partial charge is 0.352 e. The Bertz CT molecular complexity index is 383. The predicted octanol–water partition coefficient (Wildman–Crippen LogP) is 0.683. The Morgan fingerprint density at radius 3 is 3.00 bits per heavy atom. The molecular formula is C12H22N6. The van der Waals surface area contributed by atoms with Crippen molar-refractivity contribution in [2.24, 2.45) is 5.84 Å². The second-order valence-corrected chi connectivity index (χ2v) is 4.78. The average molecular weight is 250 g/mol. The SMILES string of the molecule is CCC1CN(C)CCCN1c1cc(NN)ncn1. The van der Waals surface area contributed by atoms with Crippen molar-refractivity contribution in [3.63, 3.8) is 0 Å². The van der Waals surface area contributed by atoms with Crippen molar-refractivity contribution in [3.05, 3.63) is 12.4 Å². The number of nitrogens with zero attached hydrogens (tertiary/aromatic N) is 4. The molecule has 100 valence electrons. The lowest BCUT2D eigenvalue weighted by molar-refractivity contribution is 0.327. The number of nitrogens with one attached hydrogen (secondary N) is 1. The molecule has 2 heterocycles. The number of rotatable bonds is 3. The Labute approximate surface area is 108 Å². The van der Waals surface area contributed by atoms with Gasteiger partial charge in [0.2, 0.25) is 0 Å². The van der Waals surface area contributed by atoms with E-state index >= 15 is 0 Å². The number of nitrogens with two attached hydrogens (primary N) is 1. The van der Waals surface area contributed by atoms with Crippen LogP contribution in [0.3, 0.4) is 0 Å². The molecule has 18 heavy (non-hydrogen) atoms. The van der Waals surface area contributed by atoms with E-state index in [1.807, 2.05) is 6.07 Å². The van der Waals surface area contributed by atoms with Crippen molar-refractivity contribution in [3.8, 4) is 0 Å². The topological polar surface area (TPSA) is 70.3 Å². The number of hydrogen-bond donors (Lipinski definition) is 2. The minimum Gasteiger partial charge on any atom is -0.352 e. The lowest BCUT2D eigenvalue weighted by Gasteiger charge is -2.31. The predicted molar refractivity (Wildman–Crippen MR) is 73.4 cm³/mol. The molecule has 1 aliphatic heterocycles. The van der Waals surface area contributed by atoms with Gasteiger partial charge in [-0.25, -0.2) is 15.8 Å². The number of likely N-dealkylation sites (N-methyl/N-ethyl adjacent to an activating group) is 1. The average Bonchev–Trinajstić information content (AvgIpc) is 2.60. The smallest absolute Gasteiger partial charge is 0.145 e. The van der Waals surface area contributed by atoms with Gasteiger partial charge in [0.15, 0.2) is 0 Å². The Morgan fingerprint density at radius 2 is 2.28 bits per heavy atom. The molecule has 2 rings (SSSR count). The van der Waals surface area contributed by atoms with Crippen LogP contribution in [0.2, 0.25) is 0 Å². The maximum Gasteiger partial charge on any atom is 0.145 e. The second kappa shape index (κ2) is 5.97. The van der Waals surface area contributed by atoms with Gasteiger partial charge < -0.3 is 15.2 Å². The minimum absolute atomic E-state index is 0.498. The summed E-state index contributed by atoms with van der Waals surface area (Å²) in [6.07, 6.45) is 3.83. The Morgan fingerprint density at radius 1 is 1.44 bits per heavy atom. The van der Waals surface area contributed by atoms with E-state index in [4.69, 9.17) is 5.84 Å². The molecular weight excluding hydrogens is 228 g/mol. The zero-order valence-electron chi connectivity index (χ0n) is 11.1. The molecule has 1 saturated heterocycles. The van der Waals surface area contributed by atoms with Crippen LogP contribution in [0.25, 0.3) is 0 Å². The van der Waals surface area contributed by atoms with E-state index in [0.29, 0.717) is 11.9 Å². The van der Waals surface area contributed by atoms with E-state index in [9.17, 15) is 0 Å². The third-order valence-corrected chi connectivity index (χ3v) is 3.47. The Kier molecular flexibility index (Phi) is 4.33. The van der Waals surface area contributed by atoms with Crippen molar-refractivity contribution in [2.45, 2.75) is 25.8 Å². The highest BCUT2D eigenvalue weighted by atomic mass is 15.3. The Balaban J connectivity index is 2.22. The molecule has 6 nitrogen and oxygen atoms in total. The van der Waals surface area contributed by atoms with Gasteiger partial charge in [-0.1, -0.05) is 6.92 Å². The molecule has 1 atom stereocenters. The molecule has 1 aromatic heterocycles. The molecule has 1 aromatic rings. The lowest BCUT2D eigenvalue weighted by Crippen LogP contribution is -2.40. The second-order valence-electron chi connectivity index (χ2n) is 4.78. The highest BCUT2D eigenvalue weighted by Crippen LogP contribution is 2.21. The molecule has 6 heteroatoms. The van der Waals surface area contributed by atoms with Crippen LogP contribution in [0.1, 0.15) is 19.8 Å². The van der Waals surface area contributed by atoms with E-state index in [2.05, 4.69) is 39.2 Å². The summed E-state index contributed by atoms with van der Waals surface area (Å²) in [5.74, 6) is 7.02. The van der Waals surface area contributed by atoms with Crippen LogP contribution >= 0.6 is 0 Å². The molecule has 0 amide bonds. The molecule has 0 saturated carbocycles. The van der Waals surface area contributed by atoms with Crippen LogP contribution in [-0.4, -0.2) is 47.6 Å². The summed E-state index contributed by atoms with van der Waals surface area (Å²) < 4.78 is 0. The standard InChI is InChI=1S/C12H22N6/c1-3-10-8-17(2)5-4-6-18(10)12-7-11(16-13)14-9-15-12/h7,9-10H,3-6,8,13H2,1-2H3,(H,14,15,16). The first-order chi connectivity index (χ1) is 8.74. The van der Waals surface area contributed by atoms with Gasteiger partial charge in [-0.3, -0.25) is 0 Å². The summed E-state index contributed by atoms with van der Waals surface area (Å²) in [4.78, 5) is 13.2. The number of hydrazine groups is 1. The monoisotopic (exact) mass is 250 g/mol. The van der Waals surface area contributed by atoms with Crippen molar-refractivity contribution in [2.75, 3.05) is 37.0 Å². The van der Waals surface area contributed by atoms with Crippen LogP contribution in [0.5, 0.6) is 0 Å². The van der Waals surface area contributed by atoms with Crippen LogP contribution in [0, 0.1) is 0 Å². The minimum atomic E-state index is 0.498. The maximum absolute atomic E-state index is 5.40. The van der Waals surface area contributed by atoms with Gasteiger partial charge in [0.05, 0.1) is 0 Å². The molecule has 0 aromatic carbocycles. The number of hydrogen-bond acceptors (Lipinski definition) is 6. The van der Waals surface area contributed by atoms with Crippen LogP contribution in [0.15, 0.2) is 12.4 Å². The summed E-state index contributed by atoms with van der Waals surface area (Å²) in [7, 11) is 2.18. The summed E-state index contributed by atoms with van der Waals surface area (Å²) in [5, 5.41) is 0. The van der Waals surface area contributed by atoms with Crippen LogP contribution < -0.4 is 16.2 Å². The van der Waals surface area contributed by atoms with Crippen LogP contribution in [-0.2, 0) is 0 Å². The van der Waals surface area contributed by atoms with Gasteiger partial charge in [0.25, 0.3) is 0 Å². The molecule has 0 radical (unpaired) electrons. The highest BCUT2D eigenvalue weighted by Gasteiger charge is 2.23. The van der Waals surface area contributed by atoms with E-state index in [1.54, 1.807) is 6.33 Å². The molecule has 1 fully saturated rings. The van der Waals surface area contributed by atoms with E-state index in [1.165, 1.54) is 0 Å². The van der Waals surface area contributed by atoms with E-state index in [0.717, 1.165) is 38.3 Å². The van der Waals surface area contributed by atoms with Gasteiger partial charge in [-0.15, -0.1) is 0 Å². The molecule has 0 bridgehead atoms. The van der Waals surface area contributed by atoms with Crippen LogP contribution in [0.4, 0.5) is 11.6 Å². The van der Waals surface area contributed by atoms with Gasteiger partial charge in [0, 0.05) is 25.2 Å². The van der Waals surface area contributed by atoms with Gasteiger partial charge >= 0.3 is 0 Å². The molecule has 0 spiro atoms. The first-order valence-electron chi connectivity index (χ1n) is 6.48. The Hall–Kier alpha value is -1.40. The number of aromatic nitrogens is 2. The molecule has 3 N–H and O–H groups in total. The summed E-state index contributed by atoms with van der Waals surface area (Å²) in [5.41, 5.74) is 2.58. The van der Waals surface area contributed by atoms with Gasteiger partial charge in [0.1, 0.15) is 18.0 Å². The highest BCUT2D eigenvalue weighted by molar-refractivity contribution is 5.48. The molecule has 1 unspecified atom stereocenters. The van der Waals surface area contributed by atoms with E-state index in [-0.39, 0.29) is 0 Å². The normalized spacial score (nSPS) is 21.7. The first-order valence-corrected chi connectivity index (χ1v) is 6.48. The van der Waals surface area contributed by atoms with E-state index < -0.39 is 0 Å². The third kappa shape index (κ3) is 2.88.